The minimum absolute atomic E-state index is 0.149. The Hall–Kier alpha value is -1.12. The predicted octanol–water partition coefficient (Wildman–Crippen LogP) is 5.46. The Bertz CT molecular complexity index is 453. The lowest BCUT2D eigenvalue weighted by atomic mass is 9.75. The van der Waals surface area contributed by atoms with E-state index in [4.69, 9.17) is 6.11 Å². The number of ether oxygens (including phenoxy) is 1. The third kappa shape index (κ3) is 3.71. The summed E-state index contributed by atoms with van der Waals surface area (Å²) < 4.78 is 38.6. The van der Waals surface area contributed by atoms with E-state index in [2.05, 4.69) is 20.8 Å². The zero-order valence-electron chi connectivity index (χ0n) is 13.4. The van der Waals surface area contributed by atoms with Gasteiger partial charge in [0.05, 0.1) is 0 Å². The SMILES string of the molecule is [2H]C(F)(F)c1ccc(O[C@@H]2C[C@H](C)CC[C@H]2C(C)C)cc1. The molecule has 3 atom stereocenters. The van der Waals surface area contributed by atoms with E-state index >= 15 is 0 Å². The Kier molecular flexibility index (Phi) is 4.54. The molecule has 20 heavy (non-hydrogen) atoms. The monoisotopic (exact) mass is 283 g/mol. The highest BCUT2D eigenvalue weighted by atomic mass is 19.3. The highest BCUT2D eigenvalue weighted by Gasteiger charge is 2.32. The summed E-state index contributed by atoms with van der Waals surface area (Å²) in [4.78, 5) is 0. The van der Waals surface area contributed by atoms with Crippen molar-refractivity contribution >= 4 is 0 Å². The molecule has 2 rings (SSSR count). The van der Waals surface area contributed by atoms with Gasteiger partial charge < -0.3 is 4.74 Å². The molecule has 0 N–H and O–H groups in total. The van der Waals surface area contributed by atoms with Crippen LogP contribution in [-0.4, -0.2) is 6.10 Å². The number of alkyl halides is 2. The van der Waals surface area contributed by atoms with E-state index < -0.39 is 6.40 Å². The molecule has 0 aliphatic heterocycles. The molecule has 0 saturated heterocycles. The van der Waals surface area contributed by atoms with Crippen LogP contribution in [0, 0.1) is 17.8 Å². The minimum atomic E-state index is -3.54. The van der Waals surface area contributed by atoms with Crippen molar-refractivity contribution in [2.24, 2.45) is 17.8 Å². The van der Waals surface area contributed by atoms with Gasteiger partial charge in [-0.3, -0.25) is 0 Å². The van der Waals surface area contributed by atoms with Gasteiger partial charge in [-0.15, -0.1) is 0 Å². The average molecular weight is 283 g/mol. The van der Waals surface area contributed by atoms with E-state index in [1.165, 1.54) is 18.6 Å². The molecule has 1 aromatic rings. The van der Waals surface area contributed by atoms with Gasteiger partial charge in [0, 0.05) is 5.56 Å². The van der Waals surface area contributed by atoms with Crippen LogP contribution in [0.3, 0.4) is 0 Å². The first-order valence-corrected chi connectivity index (χ1v) is 7.42. The number of halogens is 2. The molecule has 0 spiro atoms. The van der Waals surface area contributed by atoms with Gasteiger partial charge in [0.1, 0.15) is 13.2 Å². The molecule has 1 aromatic carbocycles. The van der Waals surface area contributed by atoms with E-state index in [0.717, 1.165) is 12.8 Å². The van der Waals surface area contributed by atoms with Crippen molar-refractivity contribution in [2.75, 3.05) is 0 Å². The predicted molar refractivity (Wildman–Crippen MR) is 77.2 cm³/mol. The lowest BCUT2D eigenvalue weighted by molar-refractivity contribution is 0.0459. The Balaban J connectivity index is 2.08. The highest BCUT2D eigenvalue weighted by Crippen LogP contribution is 2.36. The Morgan fingerprint density at radius 3 is 2.40 bits per heavy atom. The number of benzene rings is 1. The van der Waals surface area contributed by atoms with E-state index in [0.29, 0.717) is 23.5 Å². The van der Waals surface area contributed by atoms with Crippen molar-refractivity contribution in [3.05, 3.63) is 29.8 Å². The number of hydrogen-bond acceptors (Lipinski definition) is 1. The zero-order chi connectivity index (χ0) is 15.6. The Labute approximate surface area is 121 Å². The molecule has 112 valence electrons. The fourth-order valence-corrected chi connectivity index (χ4v) is 3.08. The maximum absolute atomic E-state index is 12.9. The van der Waals surface area contributed by atoms with E-state index in [1.807, 2.05) is 0 Å². The van der Waals surface area contributed by atoms with E-state index in [1.54, 1.807) is 12.1 Å². The van der Waals surface area contributed by atoms with Gasteiger partial charge in [0.15, 0.2) is 0 Å². The standard InChI is InChI=1S/C17H24F2O/c1-11(2)15-9-4-12(3)10-16(15)20-14-7-5-13(6-8-14)17(18)19/h5-8,11-12,15-17H,4,9-10H2,1-3H3/t12-,15+,16-/m1/s1/i17D. The smallest absolute Gasteiger partial charge is 0.263 e. The van der Waals surface area contributed by atoms with Gasteiger partial charge in [0.25, 0.3) is 6.40 Å². The second-order valence-corrected chi connectivity index (χ2v) is 6.27. The fraction of sp³-hybridized carbons (Fsp3) is 0.647. The summed E-state index contributed by atoms with van der Waals surface area (Å²) in [5.74, 6) is 2.33. The largest absolute Gasteiger partial charge is 0.490 e. The van der Waals surface area contributed by atoms with Gasteiger partial charge in [0.2, 0.25) is 0 Å². The molecule has 0 heterocycles. The van der Waals surface area contributed by atoms with Crippen molar-refractivity contribution < 1.29 is 14.9 Å². The topological polar surface area (TPSA) is 9.23 Å². The summed E-state index contributed by atoms with van der Waals surface area (Å²) in [5.41, 5.74) is -0.299. The van der Waals surface area contributed by atoms with Crippen LogP contribution in [-0.2, 0) is 0 Å². The fourth-order valence-electron chi connectivity index (χ4n) is 3.08. The van der Waals surface area contributed by atoms with Crippen LogP contribution in [0.15, 0.2) is 24.3 Å². The van der Waals surface area contributed by atoms with Crippen LogP contribution in [0.4, 0.5) is 8.78 Å². The summed E-state index contributed by atoms with van der Waals surface area (Å²) >= 11 is 0. The molecule has 1 fully saturated rings. The van der Waals surface area contributed by atoms with Gasteiger partial charge in [-0.2, -0.15) is 0 Å². The van der Waals surface area contributed by atoms with Crippen molar-refractivity contribution in [1.82, 2.24) is 0 Å². The van der Waals surface area contributed by atoms with Crippen molar-refractivity contribution in [2.45, 2.75) is 52.5 Å². The van der Waals surface area contributed by atoms with E-state index in [-0.39, 0.29) is 11.7 Å². The molecule has 0 amide bonds. The quantitative estimate of drug-likeness (QED) is 0.712. The third-order valence-corrected chi connectivity index (χ3v) is 4.32. The third-order valence-electron chi connectivity index (χ3n) is 4.32. The van der Waals surface area contributed by atoms with Crippen LogP contribution in [0.1, 0.15) is 53.4 Å². The molecule has 1 aliphatic rings. The van der Waals surface area contributed by atoms with Crippen LogP contribution in [0.25, 0.3) is 0 Å². The number of rotatable bonds is 4. The summed E-state index contributed by atoms with van der Waals surface area (Å²) in [6, 6.07) is 5.65. The number of hydrogen-bond donors (Lipinski definition) is 0. The molecule has 0 unspecified atom stereocenters. The normalized spacial score (nSPS) is 28.3. The average Bonchev–Trinajstić information content (AvgIpc) is 2.38. The molecule has 1 saturated carbocycles. The van der Waals surface area contributed by atoms with Gasteiger partial charge in [-0.1, -0.05) is 27.2 Å². The van der Waals surface area contributed by atoms with Gasteiger partial charge >= 0.3 is 0 Å². The first kappa shape index (κ1) is 13.8. The molecular formula is C17H24F2O. The molecular weight excluding hydrogens is 258 g/mol. The summed E-state index contributed by atoms with van der Waals surface area (Å²) in [5, 5.41) is 0. The molecule has 1 nitrogen and oxygen atoms in total. The Morgan fingerprint density at radius 1 is 1.20 bits per heavy atom. The Morgan fingerprint density at radius 2 is 1.85 bits per heavy atom. The lowest BCUT2D eigenvalue weighted by Gasteiger charge is -2.37. The van der Waals surface area contributed by atoms with Crippen LogP contribution >= 0.6 is 0 Å². The van der Waals surface area contributed by atoms with Crippen LogP contribution in [0.2, 0.25) is 0 Å². The molecule has 1 aliphatic carbocycles. The van der Waals surface area contributed by atoms with Crippen LogP contribution < -0.4 is 4.74 Å². The summed E-state index contributed by atoms with van der Waals surface area (Å²) in [6.45, 7) is 6.65. The molecule has 0 bridgehead atoms. The molecule has 0 radical (unpaired) electrons. The van der Waals surface area contributed by atoms with Crippen molar-refractivity contribution in [3.63, 3.8) is 0 Å². The zero-order valence-corrected chi connectivity index (χ0v) is 12.4. The van der Waals surface area contributed by atoms with Gasteiger partial charge in [-0.05, 0) is 54.9 Å². The maximum Gasteiger partial charge on any atom is 0.263 e. The molecule has 3 heteroatoms. The highest BCUT2D eigenvalue weighted by molar-refractivity contribution is 5.28. The van der Waals surface area contributed by atoms with E-state index in [9.17, 15) is 8.78 Å². The van der Waals surface area contributed by atoms with Crippen LogP contribution in [0.5, 0.6) is 5.75 Å². The first-order valence-electron chi connectivity index (χ1n) is 7.92. The van der Waals surface area contributed by atoms with Crippen molar-refractivity contribution in [1.29, 1.82) is 0 Å². The minimum Gasteiger partial charge on any atom is -0.490 e. The second kappa shape index (κ2) is 6.55. The second-order valence-electron chi connectivity index (χ2n) is 6.27. The first-order chi connectivity index (χ1) is 9.77. The molecule has 0 aromatic heterocycles. The van der Waals surface area contributed by atoms with Crippen molar-refractivity contribution in [3.8, 4) is 5.75 Å². The van der Waals surface area contributed by atoms with Gasteiger partial charge in [-0.25, -0.2) is 8.78 Å². The summed E-state index contributed by atoms with van der Waals surface area (Å²) in [7, 11) is 0. The maximum atomic E-state index is 12.9. The lowest BCUT2D eigenvalue weighted by Crippen LogP contribution is -2.36. The summed E-state index contributed by atoms with van der Waals surface area (Å²) in [6.07, 6.45) is 0.00695.